The van der Waals surface area contributed by atoms with Crippen molar-refractivity contribution in [1.29, 1.82) is 0 Å². The zero-order valence-electron chi connectivity index (χ0n) is 11.2. The lowest BCUT2D eigenvalue weighted by molar-refractivity contribution is 0.102. The second-order valence-corrected chi connectivity index (χ2v) is 4.71. The Morgan fingerprint density at radius 2 is 1.95 bits per heavy atom. The molecule has 21 heavy (non-hydrogen) atoms. The number of rotatable bonds is 4. The summed E-state index contributed by atoms with van der Waals surface area (Å²) in [6, 6.07) is 8.34. The van der Waals surface area contributed by atoms with Crippen molar-refractivity contribution in [3.63, 3.8) is 0 Å². The van der Waals surface area contributed by atoms with Gasteiger partial charge in [0, 0.05) is 17.3 Å². The molecule has 2 aromatic carbocycles. The van der Waals surface area contributed by atoms with Gasteiger partial charge >= 0.3 is 0 Å². The van der Waals surface area contributed by atoms with Gasteiger partial charge in [0.15, 0.2) is 11.6 Å². The molecule has 2 aromatic rings. The summed E-state index contributed by atoms with van der Waals surface area (Å²) >= 11 is 5.88. The van der Waals surface area contributed by atoms with Crippen LogP contribution in [0.25, 0.3) is 0 Å². The second kappa shape index (κ2) is 6.54. The molecule has 0 aliphatic rings. The Morgan fingerprint density at radius 3 is 2.67 bits per heavy atom. The molecule has 3 nitrogen and oxygen atoms in total. The highest BCUT2D eigenvalue weighted by Gasteiger charge is 2.15. The van der Waals surface area contributed by atoms with Gasteiger partial charge in [-0.2, -0.15) is 0 Å². The smallest absolute Gasteiger partial charge is 0.257 e. The number of carbonyl (C=O) groups is 1. The van der Waals surface area contributed by atoms with E-state index in [1.54, 1.807) is 12.1 Å². The number of anilines is 2. The first-order valence-corrected chi connectivity index (χ1v) is 6.69. The Hall–Kier alpha value is -2.14. The lowest BCUT2D eigenvalue weighted by Gasteiger charge is -2.12. The van der Waals surface area contributed by atoms with E-state index in [0.717, 1.165) is 6.07 Å². The van der Waals surface area contributed by atoms with E-state index in [9.17, 15) is 13.6 Å². The third-order valence-electron chi connectivity index (χ3n) is 2.79. The maximum absolute atomic E-state index is 13.6. The first-order chi connectivity index (χ1) is 10.0. The highest BCUT2D eigenvalue weighted by Crippen LogP contribution is 2.23. The first-order valence-electron chi connectivity index (χ1n) is 6.31. The van der Waals surface area contributed by atoms with E-state index in [1.165, 1.54) is 18.2 Å². The molecule has 110 valence electrons. The van der Waals surface area contributed by atoms with E-state index in [4.69, 9.17) is 11.6 Å². The molecule has 0 aliphatic heterocycles. The molecule has 2 N–H and O–H groups in total. The number of hydrogen-bond donors (Lipinski definition) is 2. The van der Waals surface area contributed by atoms with Crippen molar-refractivity contribution in [2.45, 2.75) is 6.92 Å². The van der Waals surface area contributed by atoms with Gasteiger partial charge in [0.1, 0.15) is 0 Å². The van der Waals surface area contributed by atoms with Crippen LogP contribution in [0.4, 0.5) is 20.2 Å². The van der Waals surface area contributed by atoms with Crippen LogP contribution in [0.1, 0.15) is 17.3 Å². The van der Waals surface area contributed by atoms with Crippen LogP contribution in [-0.2, 0) is 0 Å². The zero-order chi connectivity index (χ0) is 15.4. The van der Waals surface area contributed by atoms with E-state index in [1.807, 2.05) is 6.92 Å². The molecule has 0 heterocycles. The molecular formula is C15H13ClF2N2O. The van der Waals surface area contributed by atoms with Crippen LogP contribution in [0.5, 0.6) is 0 Å². The van der Waals surface area contributed by atoms with Crippen LogP contribution in [0.15, 0.2) is 36.4 Å². The van der Waals surface area contributed by atoms with Crippen LogP contribution < -0.4 is 10.6 Å². The van der Waals surface area contributed by atoms with E-state index in [0.29, 0.717) is 17.3 Å². The first kappa shape index (κ1) is 15.3. The van der Waals surface area contributed by atoms with E-state index < -0.39 is 17.5 Å². The monoisotopic (exact) mass is 310 g/mol. The van der Waals surface area contributed by atoms with Crippen molar-refractivity contribution in [1.82, 2.24) is 0 Å². The predicted octanol–water partition coefficient (Wildman–Crippen LogP) is 4.30. The molecule has 0 fully saturated rings. The van der Waals surface area contributed by atoms with E-state index in [2.05, 4.69) is 10.6 Å². The third kappa shape index (κ3) is 3.49. The molecule has 2 rings (SSSR count). The van der Waals surface area contributed by atoms with Crippen molar-refractivity contribution >= 4 is 28.9 Å². The molecule has 0 unspecified atom stereocenters. The fourth-order valence-electron chi connectivity index (χ4n) is 1.84. The number of benzene rings is 2. The summed E-state index contributed by atoms with van der Waals surface area (Å²) in [5, 5.41) is 5.73. The molecule has 6 heteroatoms. The Kier molecular flexibility index (Phi) is 4.75. The lowest BCUT2D eigenvalue weighted by Crippen LogP contribution is -2.16. The van der Waals surface area contributed by atoms with Gasteiger partial charge < -0.3 is 10.6 Å². The molecule has 0 saturated carbocycles. The van der Waals surface area contributed by atoms with Crippen LogP contribution >= 0.6 is 11.6 Å². The molecule has 0 atom stereocenters. The second-order valence-electron chi connectivity index (χ2n) is 4.28. The van der Waals surface area contributed by atoms with Crippen molar-refractivity contribution in [2.75, 3.05) is 17.2 Å². The fraction of sp³-hybridized carbons (Fsp3) is 0.133. The minimum atomic E-state index is -1.10. The maximum Gasteiger partial charge on any atom is 0.257 e. The van der Waals surface area contributed by atoms with Gasteiger partial charge in [-0.25, -0.2) is 8.78 Å². The van der Waals surface area contributed by atoms with Crippen molar-refractivity contribution < 1.29 is 13.6 Å². The normalized spacial score (nSPS) is 10.3. The molecule has 0 aliphatic carbocycles. The van der Waals surface area contributed by atoms with Gasteiger partial charge in [0.2, 0.25) is 0 Å². The minimum Gasteiger partial charge on any atom is -0.385 e. The largest absolute Gasteiger partial charge is 0.385 e. The molecule has 0 aromatic heterocycles. The summed E-state index contributed by atoms with van der Waals surface area (Å²) in [5.41, 5.74) is 0.603. The zero-order valence-corrected chi connectivity index (χ0v) is 12.0. The molecule has 0 saturated heterocycles. The van der Waals surface area contributed by atoms with E-state index in [-0.39, 0.29) is 11.3 Å². The van der Waals surface area contributed by atoms with Crippen LogP contribution in [-0.4, -0.2) is 12.5 Å². The molecular weight excluding hydrogens is 298 g/mol. The van der Waals surface area contributed by atoms with Gasteiger partial charge in [0.25, 0.3) is 5.91 Å². The summed E-state index contributed by atoms with van der Waals surface area (Å²) in [5.74, 6) is -2.69. The number of carbonyl (C=O) groups excluding carboxylic acids is 1. The Morgan fingerprint density at radius 1 is 1.19 bits per heavy atom. The van der Waals surface area contributed by atoms with Gasteiger partial charge in [-0.05, 0) is 37.3 Å². The summed E-state index contributed by atoms with van der Waals surface area (Å²) in [6.07, 6.45) is 0. The number of nitrogens with one attached hydrogen (secondary N) is 2. The average Bonchev–Trinajstić information content (AvgIpc) is 2.46. The summed E-state index contributed by atoms with van der Waals surface area (Å²) in [7, 11) is 0. The SMILES string of the molecule is CCNc1ccc(Cl)cc1C(=O)Nc1cccc(F)c1F. The maximum atomic E-state index is 13.6. The summed E-state index contributed by atoms with van der Waals surface area (Å²) in [6.45, 7) is 2.48. The average molecular weight is 311 g/mol. The highest BCUT2D eigenvalue weighted by molar-refractivity contribution is 6.31. The minimum absolute atomic E-state index is 0.220. The Labute approximate surface area is 125 Å². The van der Waals surface area contributed by atoms with E-state index >= 15 is 0 Å². The fourth-order valence-corrected chi connectivity index (χ4v) is 2.01. The molecule has 0 radical (unpaired) electrons. The quantitative estimate of drug-likeness (QED) is 0.884. The molecule has 0 spiro atoms. The van der Waals surface area contributed by atoms with Crippen LogP contribution in [0.2, 0.25) is 5.02 Å². The third-order valence-corrected chi connectivity index (χ3v) is 3.03. The topological polar surface area (TPSA) is 41.1 Å². The Balaban J connectivity index is 2.32. The van der Waals surface area contributed by atoms with Crippen molar-refractivity contribution in [3.8, 4) is 0 Å². The molecule has 1 amide bonds. The van der Waals surface area contributed by atoms with Crippen molar-refractivity contribution in [2.24, 2.45) is 0 Å². The lowest BCUT2D eigenvalue weighted by atomic mass is 10.1. The van der Waals surface area contributed by atoms with Crippen LogP contribution in [0.3, 0.4) is 0 Å². The number of halogens is 3. The van der Waals surface area contributed by atoms with Gasteiger partial charge in [0.05, 0.1) is 11.3 Å². The van der Waals surface area contributed by atoms with Gasteiger partial charge in [-0.1, -0.05) is 17.7 Å². The van der Waals surface area contributed by atoms with Crippen molar-refractivity contribution in [3.05, 3.63) is 58.6 Å². The van der Waals surface area contributed by atoms with Gasteiger partial charge in [-0.15, -0.1) is 0 Å². The Bertz CT molecular complexity index is 677. The number of hydrogen-bond acceptors (Lipinski definition) is 2. The summed E-state index contributed by atoms with van der Waals surface area (Å²) < 4.78 is 26.7. The predicted molar refractivity (Wildman–Crippen MR) is 79.9 cm³/mol. The number of amides is 1. The highest BCUT2D eigenvalue weighted by atomic mass is 35.5. The van der Waals surface area contributed by atoms with Gasteiger partial charge in [-0.3, -0.25) is 4.79 Å². The standard InChI is InChI=1S/C15H13ClF2N2O/c1-2-19-12-7-6-9(16)8-10(12)15(21)20-13-5-3-4-11(17)14(13)18/h3-8,19H,2H2,1H3,(H,20,21). The molecule has 0 bridgehead atoms. The van der Waals surface area contributed by atoms with Crippen LogP contribution in [0, 0.1) is 11.6 Å². The summed E-state index contributed by atoms with van der Waals surface area (Å²) in [4.78, 5) is 12.2.